The Morgan fingerprint density at radius 1 is 0.518 bits per heavy atom. The minimum atomic E-state index is 0.0260. The van der Waals surface area contributed by atoms with Crippen LogP contribution in [-0.2, 0) is 10.8 Å². The van der Waals surface area contributed by atoms with Crippen LogP contribution in [0.2, 0.25) is 0 Å². The Morgan fingerprint density at radius 3 is 1.68 bits per heavy atom. The van der Waals surface area contributed by atoms with E-state index in [1.54, 1.807) is 0 Å². The van der Waals surface area contributed by atoms with Crippen LogP contribution in [0.1, 0.15) is 55.2 Å². The van der Waals surface area contributed by atoms with Crippen molar-refractivity contribution in [2.75, 3.05) is 0 Å². The van der Waals surface area contributed by atoms with Gasteiger partial charge in [0.25, 0.3) is 0 Å². The third-order valence-corrected chi connectivity index (χ3v) is 13.2. The highest BCUT2D eigenvalue weighted by atomic mass is 14.9. The topological polar surface area (TPSA) is 75.3 Å². The maximum atomic E-state index is 9.42. The highest BCUT2D eigenvalue weighted by molar-refractivity contribution is 5.98. The minimum Gasteiger partial charge on any atom is -0.256 e. The standard InChI is InChI=1S/C51H39N5/c52-31-33-15-17-36(18-16-33)39-19-21-43(47-41(39)13-7-23-53-47)50-27-34-25-35(28-50)30-51(29-34,32-50)44-22-20-40(42-14-8-24-54-48(42)44)46-26-45(37-9-3-1-4-10-37)55-49(56-46)38-11-5-2-6-12-38/h1-24,26,34-35H,25,27-30,32H2. The van der Waals surface area contributed by atoms with E-state index in [2.05, 4.69) is 109 Å². The first-order chi connectivity index (χ1) is 27.6. The lowest BCUT2D eigenvalue weighted by atomic mass is 9.41. The number of pyridine rings is 2. The molecule has 2 atom stereocenters. The molecule has 12 rings (SSSR count). The Morgan fingerprint density at radius 2 is 1.07 bits per heavy atom. The maximum absolute atomic E-state index is 9.42. The van der Waals surface area contributed by atoms with Crippen molar-refractivity contribution < 1.29 is 0 Å². The van der Waals surface area contributed by atoms with Gasteiger partial charge < -0.3 is 0 Å². The van der Waals surface area contributed by atoms with Gasteiger partial charge in [0.05, 0.1) is 34.1 Å². The van der Waals surface area contributed by atoms with Gasteiger partial charge in [-0.2, -0.15) is 5.26 Å². The van der Waals surface area contributed by atoms with E-state index in [4.69, 9.17) is 19.9 Å². The van der Waals surface area contributed by atoms with Gasteiger partial charge in [0.15, 0.2) is 5.82 Å². The Kier molecular flexibility index (Phi) is 7.51. The number of benzene rings is 5. The lowest BCUT2D eigenvalue weighted by molar-refractivity contribution is -0.0270. The van der Waals surface area contributed by atoms with Gasteiger partial charge in [0, 0.05) is 39.9 Å². The largest absolute Gasteiger partial charge is 0.256 e. The molecule has 4 aliphatic carbocycles. The van der Waals surface area contributed by atoms with E-state index in [0.29, 0.717) is 17.4 Å². The molecule has 0 amide bonds. The van der Waals surface area contributed by atoms with Gasteiger partial charge in [-0.1, -0.05) is 109 Å². The summed E-state index contributed by atoms with van der Waals surface area (Å²) in [6, 6.07) is 51.1. The Bertz CT molecular complexity index is 2770. The second-order valence-corrected chi connectivity index (χ2v) is 16.5. The molecule has 0 aliphatic heterocycles. The van der Waals surface area contributed by atoms with Crippen LogP contribution in [0.5, 0.6) is 0 Å². The van der Waals surface area contributed by atoms with Crippen LogP contribution < -0.4 is 0 Å². The van der Waals surface area contributed by atoms with Crippen LogP contribution in [-0.4, -0.2) is 19.9 Å². The predicted octanol–water partition coefficient (Wildman–Crippen LogP) is 11.9. The van der Waals surface area contributed by atoms with Gasteiger partial charge in [-0.3, -0.25) is 9.97 Å². The van der Waals surface area contributed by atoms with Gasteiger partial charge in [0.1, 0.15) is 0 Å². The third kappa shape index (κ3) is 5.28. The van der Waals surface area contributed by atoms with Gasteiger partial charge in [-0.05, 0) is 114 Å². The quantitative estimate of drug-likeness (QED) is 0.171. The zero-order valence-electron chi connectivity index (χ0n) is 31.1. The fourth-order valence-electron chi connectivity index (χ4n) is 11.4. The molecule has 2 unspecified atom stereocenters. The van der Waals surface area contributed by atoms with Crippen LogP contribution in [0, 0.1) is 23.2 Å². The molecule has 0 saturated heterocycles. The molecule has 4 bridgehead atoms. The molecule has 4 aliphatic rings. The molecule has 56 heavy (non-hydrogen) atoms. The van der Waals surface area contributed by atoms with Crippen molar-refractivity contribution in [2.24, 2.45) is 11.8 Å². The molecule has 5 aromatic carbocycles. The second-order valence-electron chi connectivity index (χ2n) is 16.5. The molecular weight excluding hydrogens is 683 g/mol. The number of rotatable bonds is 6. The smallest absolute Gasteiger partial charge is 0.160 e. The Labute approximate surface area is 326 Å². The number of nitriles is 1. The van der Waals surface area contributed by atoms with Crippen LogP contribution in [0.4, 0.5) is 0 Å². The number of fused-ring (bicyclic) bond motifs is 2. The SMILES string of the molecule is N#Cc1ccc(-c2ccc(C34CC5CC(C3)CC(c3ccc(-c6cc(-c7ccccc7)nc(-c7ccccc7)n6)c6cccnc36)(C5)C4)c3ncccc23)cc1. The Hall–Kier alpha value is -6.51. The number of hydrogen-bond donors (Lipinski definition) is 0. The van der Waals surface area contributed by atoms with Gasteiger partial charge >= 0.3 is 0 Å². The summed E-state index contributed by atoms with van der Waals surface area (Å²) >= 11 is 0. The second kappa shape index (κ2) is 12.8. The van der Waals surface area contributed by atoms with E-state index in [1.165, 1.54) is 54.2 Å². The molecular formula is C51H39N5. The fourth-order valence-corrected chi connectivity index (χ4v) is 11.4. The maximum Gasteiger partial charge on any atom is 0.160 e. The van der Waals surface area contributed by atoms with Crippen molar-refractivity contribution in [1.29, 1.82) is 5.26 Å². The van der Waals surface area contributed by atoms with Crippen LogP contribution in [0.25, 0.3) is 66.8 Å². The number of aromatic nitrogens is 4. The minimum absolute atomic E-state index is 0.0260. The zero-order chi connectivity index (χ0) is 37.3. The Balaban J connectivity index is 1.04. The molecule has 5 heteroatoms. The van der Waals surface area contributed by atoms with E-state index in [9.17, 15) is 5.26 Å². The van der Waals surface area contributed by atoms with Gasteiger partial charge in [0.2, 0.25) is 0 Å². The summed E-state index contributed by atoms with van der Waals surface area (Å²) in [7, 11) is 0. The summed E-state index contributed by atoms with van der Waals surface area (Å²) < 4.78 is 0. The highest BCUT2D eigenvalue weighted by Gasteiger charge is 2.59. The predicted molar refractivity (Wildman–Crippen MR) is 224 cm³/mol. The van der Waals surface area contributed by atoms with Crippen LogP contribution >= 0.6 is 0 Å². The molecule has 3 aromatic heterocycles. The molecule has 268 valence electrons. The number of hydrogen-bond acceptors (Lipinski definition) is 5. The van der Waals surface area contributed by atoms with E-state index in [-0.39, 0.29) is 10.8 Å². The first-order valence-corrected chi connectivity index (χ1v) is 19.9. The van der Waals surface area contributed by atoms with Crippen LogP contribution in [0.3, 0.4) is 0 Å². The van der Waals surface area contributed by atoms with Gasteiger partial charge in [-0.15, -0.1) is 0 Å². The summed E-state index contributed by atoms with van der Waals surface area (Å²) in [5.74, 6) is 2.04. The molecule has 3 heterocycles. The number of nitrogens with zero attached hydrogens (tertiary/aromatic N) is 5. The fraction of sp³-hybridized carbons (Fsp3) is 0.196. The average molecular weight is 722 g/mol. The molecule has 4 fully saturated rings. The highest BCUT2D eigenvalue weighted by Crippen LogP contribution is 2.67. The molecule has 0 spiro atoms. The lowest BCUT2D eigenvalue weighted by Gasteiger charge is -2.63. The molecule has 0 radical (unpaired) electrons. The summed E-state index contributed by atoms with van der Waals surface area (Å²) in [4.78, 5) is 20.6. The van der Waals surface area contributed by atoms with Crippen molar-refractivity contribution in [3.63, 3.8) is 0 Å². The van der Waals surface area contributed by atoms with Crippen molar-refractivity contribution in [3.05, 3.63) is 169 Å². The van der Waals surface area contributed by atoms with E-state index >= 15 is 0 Å². The van der Waals surface area contributed by atoms with E-state index < -0.39 is 0 Å². The van der Waals surface area contributed by atoms with Crippen molar-refractivity contribution in [3.8, 4) is 51.1 Å². The zero-order valence-corrected chi connectivity index (χ0v) is 31.1. The van der Waals surface area contributed by atoms with E-state index in [1.807, 2.05) is 48.8 Å². The third-order valence-electron chi connectivity index (χ3n) is 13.2. The van der Waals surface area contributed by atoms with Crippen molar-refractivity contribution >= 4 is 21.8 Å². The summed E-state index contributed by atoms with van der Waals surface area (Å²) in [5, 5.41) is 11.7. The lowest BCUT2D eigenvalue weighted by Crippen LogP contribution is -2.56. The first kappa shape index (κ1) is 32.9. The molecule has 4 saturated carbocycles. The monoisotopic (exact) mass is 721 g/mol. The van der Waals surface area contributed by atoms with Crippen LogP contribution in [0.15, 0.2) is 152 Å². The van der Waals surface area contributed by atoms with Crippen molar-refractivity contribution in [2.45, 2.75) is 49.4 Å². The molecule has 5 nitrogen and oxygen atoms in total. The summed E-state index contributed by atoms with van der Waals surface area (Å²) in [6.45, 7) is 0. The van der Waals surface area contributed by atoms with Crippen molar-refractivity contribution in [1.82, 2.24) is 19.9 Å². The summed E-state index contributed by atoms with van der Waals surface area (Å²) in [5.41, 5.74) is 13.0. The van der Waals surface area contributed by atoms with Gasteiger partial charge in [-0.25, -0.2) is 9.97 Å². The summed E-state index contributed by atoms with van der Waals surface area (Å²) in [6.07, 6.45) is 11.2. The average Bonchev–Trinajstić information content (AvgIpc) is 3.25. The molecule has 0 N–H and O–H groups in total. The first-order valence-electron chi connectivity index (χ1n) is 19.9. The normalized spacial score (nSPS) is 22.3. The van der Waals surface area contributed by atoms with E-state index in [0.717, 1.165) is 62.3 Å². The molecule has 8 aromatic rings.